The number of likely N-dealkylation sites (tertiary alicyclic amines) is 1. The predicted octanol–water partition coefficient (Wildman–Crippen LogP) is 1.32. The number of aromatic nitrogens is 2. The second kappa shape index (κ2) is 6.42. The number of imidazole rings is 1. The molecule has 0 amide bonds. The van der Waals surface area contributed by atoms with Gasteiger partial charge in [0.05, 0.1) is 6.33 Å². The monoisotopic (exact) mass is 249 g/mol. The summed E-state index contributed by atoms with van der Waals surface area (Å²) in [7, 11) is 0. The highest BCUT2D eigenvalue weighted by molar-refractivity contribution is 5.78. The summed E-state index contributed by atoms with van der Waals surface area (Å²) in [5.41, 5.74) is 6.01. The highest BCUT2D eigenvalue weighted by Gasteiger charge is 2.16. The molecule has 1 aliphatic heterocycles. The number of hydrogen-bond donors (Lipinski definition) is 1. The number of hydrogen-bond acceptors (Lipinski definition) is 2. The molecule has 5 heteroatoms. The summed E-state index contributed by atoms with van der Waals surface area (Å²) in [4.78, 5) is 10.7. The SMILES string of the molecule is CC1CCN(C(N)=NCCCn2ccnc2)CC1. The lowest BCUT2D eigenvalue weighted by Gasteiger charge is -2.31. The average molecular weight is 249 g/mol. The zero-order valence-electron chi connectivity index (χ0n) is 11.1. The Balaban J connectivity index is 1.68. The third-order valence-electron chi connectivity index (χ3n) is 3.52. The van der Waals surface area contributed by atoms with Crippen LogP contribution >= 0.6 is 0 Å². The lowest BCUT2D eigenvalue weighted by molar-refractivity contribution is 0.277. The van der Waals surface area contributed by atoms with Gasteiger partial charge in [-0.15, -0.1) is 0 Å². The van der Waals surface area contributed by atoms with Crippen LogP contribution in [-0.2, 0) is 6.54 Å². The van der Waals surface area contributed by atoms with Crippen molar-refractivity contribution in [1.29, 1.82) is 0 Å². The van der Waals surface area contributed by atoms with Crippen LogP contribution in [0.3, 0.4) is 0 Å². The lowest BCUT2D eigenvalue weighted by Crippen LogP contribution is -2.42. The molecule has 0 unspecified atom stereocenters. The Morgan fingerprint density at radius 2 is 2.22 bits per heavy atom. The fraction of sp³-hybridized carbons (Fsp3) is 0.692. The van der Waals surface area contributed by atoms with E-state index in [-0.39, 0.29) is 0 Å². The quantitative estimate of drug-likeness (QED) is 0.497. The van der Waals surface area contributed by atoms with E-state index >= 15 is 0 Å². The van der Waals surface area contributed by atoms with Crippen molar-refractivity contribution in [3.8, 4) is 0 Å². The normalized spacial score (nSPS) is 18.3. The summed E-state index contributed by atoms with van der Waals surface area (Å²) in [6.45, 7) is 6.15. The Labute approximate surface area is 109 Å². The molecule has 100 valence electrons. The van der Waals surface area contributed by atoms with Gasteiger partial charge < -0.3 is 15.2 Å². The highest BCUT2D eigenvalue weighted by Crippen LogP contribution is 2.15. The van der Waals surface area contributed by atoms with Crippen molar-refractivity contribution in [3.63, 3.8) is 0 Å². The first-order valence-corrected chi connectivity index (χ1v) is 6.76. The molecule has 1 fully saturated rings. The molecular weight excluding hydrogens is 226 g/mol. The van der Waals surface area contributed by atoms with Gasteiger partial charge in [-0.1, -0.05) is 6.92 Å². The number of guanidine groups is 1. The van der Waals surface area contributed by atoms with Crippen LogP contribution < -0.4 is 5.73 Å². The Hall–Kier alpha value is -1.52. The van der Waals surface area contributed by atoms with Crippen LogP contribution in [0.4, 0.5) is 0 Å². The van der Waals surface area contributed by atoms with Gasteiger partial charge in [0.2, 0.25) is 0 Å². The smallest absolute Gasteiger partial charge is 0.191 e. The minimum Gasteiger partial charge on any atom is -0.370 e. The number of rotatable bonds is 4. The predicted molar refractivity (Wildman–Crippen MR) is 73.3 cm³/mol. The maximum atomic E-state index is 6.01. The van der Waals surface area contributed by atoms with Crippen LogP contribution in [-0.4, -0.2) is 40.0 Å². The molecular formula is C13H23N5. The molecule has 0 aliphatic carbocycles. The van der Waals surface area contributed by atoms with Crippen LogP contribution in [0, 0.1) is 5.92 Å². The minimum absolute atomic E-state index is 0.715. The first-order chi connectivity index (χ1) is 8.75. The molecule has 2 N–H and O–H groups in total. The zero-order valence-corrected chi connectivity index (χ0v) is 11.1. The first-order valence-electron chi connectivity index (χ1n) is 6.76. The maximum absolute atomic E-state index is 6.01. The molecule has 1 aliphatic rings. The van der Waals surface area contributed by atoms with E-state index in [1.54, 1.807) is 6.20 Å². The summed E-state index contributed by atoms with van der Waals surface area (Å²) in [6.07, 6.45) is 9.06. The summed E-state index contributed by atoms with van der Waals surface area (Å²) >= 11 is 0. The van der Waals surface area contributed by atoms with Crippen molar-refractivity contribution >= 4 is 5.96 Å². The Kier molecular flexibility index (Phi) is 4.61. The lowest BCUT2D eigenvalue weighted by atomic mass is 10.00. The molecule has 18 heavy (non-hydrogen) atoms. The van der Waals surface area contributed by atoms with Crippen molar-refractivity contribution in [1.82, 2.24) is 14.5 Å². The van der Waals surface area contributed by atoms with Crippen molar-refractivity contribution in [2.75, 3.05) is 19.6 Å². The van der Waals surface area contributed by atoms with E-state index in [0.717, 1.165) is 38.5 Å². The molecule has 0 saturated carbocycles. The van der Waals surface area contributed by atoms with Crippen LogP contribution in [0.5, 0.6) is 0 Å². The van der Waals surface area contributed by atoms with E-state index in [9.17, 15) is 0 Å². The van der Waals surface area contributed by atoms with Gasteiger partial charge in [-0.05, 0) is 25.2 Å². The molecule has 0 atom stereocenters. The van der Waals surface area contributed by atoms with E-state index in [1.807, 2.05) is 12.5 Å². The van der Waals surface area contributed by atoms with Gasteiger partial charge in [0.15, 0.2) is 5.96 Å². The van der Waals surface area contributed by atoms with Crippen LogP contribution in [0.25, 0.3) is 0 Å². The van der Waals surface area contributed by atoms with E-state index < -0.39 is 0 Å². The second-order valence-electron chi connectivity index (χ2n) is 5.06. The number of aryl methyl sites for hydroxylation is 1. The van der Waals surface area contributed by atoms with Gasteiger partial charge in [0.25, 0.3) is 0 Å². The Morgan fingerprint density at radius 1 is 1.44 bits per heavy atom. The third-order valence-corrected chi connectivity index (χ3v) is 3.52. The second-order valence-corrected chi connectivity index (χ2v) is 5.06. The standard InChI is InChI=1S/C13H23N5/c1-12-3-8-18(9-4-12)13(14)16-5-2-7-17-10-6-15-11-17/h6,10-12H,2-5,7-9H2,1H3,(H2,14,16). The molecule has 1 saturated heterocycles. The van der Waals surface area contributed by atoms with Crippen LogP contribution in [0.1, 0.15) is 26.2 Å². The van der Waals surface area contributed by atoms with Crippen molar-refractivity contribution in [2.24, 2.45) is 16.6 Å². The number of piperidine rings is 1. The molecule has 0 spiro atoms. The topological polar surface area (TPSA) is 59.4 Å². The number of nitrogens with zero attached hydrogens (tertiary/aromatic N) is 4. The van der Waals surface area contributed by atoms with Gasteiger partial charge in [-0.2, -0.15) is 0 Å². The summed E-state index contributed by atoms with van der Waals surface area (Å²) in [5.74, 6) is 1.54. The number of aliphatic imine (C=N–C) groups is 1. The summed E-state index contributed by atoms with van der Waals surface area (Å²) in [6, 6.07) is 0. The highest BCUT2D eigenvalue weighted by atomic mass is 15.3. The maximum Gasteiger partial charge on any atom is 0.191 e. The van der Waals surface area contributed by atoms with Crippen molar-refractivity contribution in [3.05, 3.63) is 18.7 Å². The van der Waals surface area contributed by atoms with Gasteiger partial charge in [0, 0.05) is 38.6 Å². The minimum atomic E-state index is 0.715. The summed E-state index contributed by atoms with van der Waals surface area (Å²) < 4.78 is 2.06. The Bertz CT molecular complexity index is 363. The third kappa shape index (κ3) is 3.75. The molecule has 1 aromatic rings. The first kappa shape index (κ1) is 12.9. The molecule has 0 radical (unpaired) electrons. The molecule has 0 aromatic carbocycles. The van der Waals surface area contributed by atoms with Crippen LogP contribution in [0.2, 0.25) is 0 Å². The van der Waals surface area contributed by atoms with Gasteiger partial charge in [0.1, 0.15) is 0 Å². The molecule has 0 bridgehead atoms. The van der Waals surface area contributed by atoms with E-state index in [2.05, 4.69) is 26.4 Å². The molecule has 5 nitrogen and oxygen atoms in total. The zero-order chi connectivity index (χ0) is 12.8. The van der Waals surface area contributed by atoms with E-state index in [4.69, 9.17) is 5.73 Å². The van der Waals surface area contributed by atoms with Gasteiger partial charge >= 0.3 is 0 Å². The van der Waals surface area contributed by atoms with Crippen molar-refractivity contribution < 1.29 is 0 Å². The number of nitrogens with two attached hydrogens (primary N) is 1. The summed E-state index contributed by atoms with van der Waals surface area (Å²) in [5, 5.41) is 0. The van der Waals surface area contributed by atoms with Crippen molar-refractivity contribution in [2.45, 2.75) is 32.7 Å². The van der Waals surface area contributed by atoms with Gasteiger partial charge in [-0.3, -0.25) is 4.99 Å². The molecule has 2 rings (SSSR count). The van der Waals surface area contributed by atoms with Crippen LogP contribution in [0.15, 0.2) is 23.7 Å². The fourth-order valence-electron chi connectivity index (χ4n) is 2.20. The van der Waals surface area contributed by atoms with E-state index in [0.29, 0.717) is 5.96 Å². The Morgan fingerprint density at radius 3 is 2.89 bits per heavy atom. The largest absolute Gasteiger partial charge is 0.370 e. The van der Waals surface area contributed by atoms with Gasteiger partial charge in [-0.25, -0.2) is 4.98 Å². The van der Waals surface area contributed by atoms with E-state index in [1.165, 1.54) is 12.8 Å². The fourth-order valence-corrected chi connectivity index (χ4v) is 2.20. The average Bonchev–Trinajstić information content (AvgIpc) is 2.88. The molecule has 2 heterocycles. The molecule has 1 aromatic heterocycles.